The number of rotatable bonds is 2. The fourth-order valence-corrected chi connectivity index (χ4v) is 4.17. The first-order valence-corrected chi connectivity index (χ1v) is 10.0. The van der Waals surface area contributed by atoms with Crippen LogP contribution in [0.2, 0.25) is 0 Å². The van der Waals surface area contributed by atoms with E-state index >= 15 is 0 Å². The van der Waals surface area contributed by atoms with Gasteiger partial charge in [-0.3, -0.25) is 9.20 Å². The van der Waals surface area contributed by atoms with Gasteiger partial charge in [-0.25, -0.2) is 4.98 Å². The minimum absolute atomic E-state index is 0.0991. The summed E-state index contributed by atoms with van der Waals surface area (Å²) in [5.41, 5.74) is 3.03. The van der Waals surface area contributed by atoms with Crippen molar-refractivity contribution in [3.63, 3.8) is 0 Å². The van der Waals surface area contributed by atoms with Crippen LogP contribution in [0.5, 0.6) is 11.5 Å². The van der Waals surface area contributed by atoms with Crippen LogP contribution in [0.15, 0.2) is 47.4 Å². The number of benzene rings is 1. The Bertz CT molecular complexity index is 1120. The van der Waals surface area contributed by atoms with Gasteiger partial charge in [-0.05, 0) is 44.2 Å². The molecule has 0 amide bonds. The molecule has 1 aromatic carbocycles. The Morgan fingerprint density at radius 2 is 1.76 bits per heavy atom. The van der Waals surface area contributed by atoms with Crippen LogP contribution >= 0.6 is 0 Å². The van der Waals surface area contributed by atoms with E-state index in [1.807, 2.05) is 36.5 Å². The third kappa shape index (κ3) is 3.42. The Hall–Kier alpha value is -3.06. The first kappa shape index (κ1) is 18.0. The average molecular weight is 392 g/mol. The van der Waals surface area contributed by atoms with E-state index < -0.39 is 0 Å². The van der Waals surface area contributed by atoms with Crippen LogP contribution in [0.4, 0.5) is 5.69 Å². The van der Waals surface area contributed by atoms with E-state index in [0.717, 1.165) is 30.1 Å². The van der Waals surface area contributed by atoms with Crippen molar-refractivity contribution in [3.8, 4) is 22.8 Å². The lowest BCUT2D eigenvalue weighted by atomic mass is 10.1. The molecule has 2 aliphatic rings. The number of hydrogen-bond donors (Lipinski definition) is 1. The first-order valence-electron chi connectivity index (χ1n) is 10.0. The van der Waals surface area contributed by atoms with E-state index in [1.165, 1.54) is 0 Å². The van der Waals surface area contributed by atoms with Crippen molar-refractivity contribution in [2.45, 2.75) is 25.9 Å². The van der Waals surface area contributed by atoms with Gasteiger partial charge in [-0.2, -0.15) is 0 Å². The van der Waals surface area contributed by atoms with E-state index in [-0.39, 0.29) is 5.56 Å². The quantitative estimate of drug-likeness (QED) is 0.722. The third-order valence-electron chi connectivity index (χ3n) is 5.40. The van der Waals surface area contributed by atoms with Crippen LogP contribution in [0.3, 0.4) is 0 Å². The van der Waals surface area contributed by atoms with Crippen LogP contribution in [0.25, 0.3) is 16.9 Å². The summed E-state index contributed by atoms with van der Waals surface area (Å²) >= 11 is 0. The van der Waals surface area contributed by atoms with Crippen molar-refractivity contribution in [2.75, 3.05) is 31.2 Å². The molecule has 0 spiro atoms. The molecule has 7 nitrogen and oxygen atoms in total. The third-order valence-corrected chi connectivity index (χ3v) is 5.40. The molecular formula is C22H24N4O3. The molecule has 150 valence electrons. The highest BCUT2D eigenvalue weighted by atomic mass is 16.6. The fraction of sp³-hybridized carbons (Fsp3) is 0.364. The van der Waals surface area contributed by atoms with Gasteiger partial charge in [-0.1, -0.05) is 0 Å². The molecule has 0 saturated carbocycles. The molecule has 2 aromatic heterocycles. The van der Waals surface area contributed by atoms with Crippen molar-refractivity contribution in [2.24, 2.45) is 0 Å². The molecule has 5 rings (SSSR count). The summed E-state index contributed by atoms with van der Waals surface area (Å²) in [7, 11) is 0. The van der Waals surface area contributed by atoms with E-state index in [9.17, 15) is 4.79 Å². The van der Waals surface area contributed by atoms with Crippen LogP contribution in [-0.2, 0) is 0 Å². The predicted octanol–water partition coefficient (Wildman–Crippen LogP) is 2.32. The van der Waals surface area contributed by atoms with Gasteiger partial charge in [-0.15, -0.1) is 0 Å². The topological polar surface area (TPSA) is 68.1 Å². The van der Waals surface area contributed by atoms with Crippen LogP contribution in [0.1, 0.15) is 13.8 Å². The summed E-state index contributed by atoms with van der Waals surface area (Å²) in [5, 5.41) is 3.53. The SMILES string of the molecule is C[C@@H]1CN(c2ccc3nc(-c4ccc5c(c4)OCCO5)cc(=O)n3c2)C[C@H](C)N1. The second kappa shape index (κ2) is 7.08. The number of pyridine rings is 1. The molecule has 29 heavy (non-hydrogen) atoms. The second-order valence-electron chi connectivity index (χ2n) is 7.83. The lowest BCUT2D eigenvalue weighted by molar-refractivity contribution is 0.171. The number of aromatic nitrogens is 2. The fourth-order valence-electron chi connectivity index (χ4n) is 4.17. The molecule has 0 aliphatic carbocycles. The average Bonchev–Trinajstić information content (AvgIpc) is 2.72. The summed E-state index contributed by atoms with van der Waals surface area (Å²) in [6.45, 7) is 7.25. The second-order valence-corrected chi connectivity index (χ2v) is 7.83. The van der Waals surface area contributed by atoms with Gasteiger partial charge in [0.15, 0.2) is 11.5 Å². The Morgan fingerprint density at radius 1 is 1.00 bits per heavy atom. The monoisotopic (exact) mass is 392 g/mol. The minimum atomic E-state index is -0.0991. The summed E-state index contributed by atoms with van der Waals surface area (Å²) in [4.78, 5) is 19.9. The maximum absolute atomic E-state index is 12.9. The van der Waals surface area contributed by atoms with Gasteiger partial charge in [0.05, 0.1) is 11.4 Å². The summed E-state index contributed by atoms with van der Waals surface area (Å²) < 4.78 is 12.8. The van der Waals surface area contributed by atoms with E-state index in [2.05, 4.69) is 24.1 Å². The molecule has 1 fully saturated rings. The Morgan fingerprint density at radius 3 is 2.55 bits per heavy atom. The van der Waals surface area contributed by atoms with Gasteiger partial charge >= 0.3 is 0 Å². The van der Waals surface area contributed by atoms with Crippen molar-refractivity contribution in [1.29, 1.82) is 0 Å². The lowest BCUT2D eigenvalue weighted by Crippen LogP contribution is -2.54. The van der Waals surface area contributed by atoms with Gasteiger partial charge in [0.1, 0.15) is 18.9 Å². The summed E-state index contributed by atoms with van der Waals surface area (Å²) in [6, 6.07) is 12.0. The Balaban J connectivity index is 1.51. The van der Waals surface area contributed by atoms with Crippen LogP contribution < -0.4 is 25.2 Å². The molecular weight excluding hydrogens is 368 g/mol. The molecule has 1 N–H and O–H groups in total. The first-order chi connectivity index (χ1) is 14.1. The van der Waals surface area contributed by atoms with Gasteiger partial charge < -0.3 is 19.7 Å². The molecule has 0 bridgehead atoms. The summed E-state index contributed by atoms with van der Waals surface area (Å²) in [6.07, 6.45) is 1.89. The van der Waals surface area contributed by atoms with Crippen LogP contribution in [0, 0.1) is 0 Å². The Kier molecular flexibility index (Phi) is 4.39. The molecule has 4 heterocycles. The smallest absolute Gasteiger partial charge is 0.258 e. The number of ether oxygens (including phenoxy) is 2. The molecule has 3 aromatic rings. The molecule has 1 saturated heterocycles. The number of fused-ring (bicyclic) bond motifs is 2. The van der Waals surface area contributed by atoms with E-state index in [0.29, 0.717) is 42.4 Å². The zero-order chi connectivity index (χ0) is 20.0. The predicted molar refractivity (Wildman–Crippen MR) is 112 cm³/mol. The Labute approximate surface area is 168 Å². The number of hydrogen-bond acceptors (Lipinski definition) is 6. The molecule has 0 unspecified atom stereocenters. The highest BCUT2D eigenvalue weighted by Crippen LogP contribution is 2.33. The highest BCUT2D eigenvalue weighted by Gasteiger charge is 2.21. The molecule has 7 heteroatoms. The van der Waals surface area contributed by atoms with Gasteiger partial charge in [0.2, 0.25) is 0 Å². The van der Waals surface area contributed by atoms with Gasteiger partial charge in [0, 0.05) is 43.0 Å². The van der Waals surface area contributed by atoms with Crippen molar-refractivity contribution in [1.82, 2.24) is 14.7 Å². The summed E-state index contributed by atoms with van der Waals surface area (Å²) in [5.74, 6) is 1.41. The normalized spacial score (nSPS) is 21.4. The minimum Gasteiger partial charge on any atom is -0.486 e. The maximum Gasteiger partial charge on any atom is 0.258 e. The maximum atomic E-state index is 12.9. The highest BCUT2D eigenvalue weighted by molar-refractivity contribution is 5.66. The number of nitrogens with one attached hydrogen (secondary N) is 1. The lowest BCUT2D eigenvalue weighted by Gasteiger charge is -2.37. The number of piperazine rings is 1. The van der Waals surface area contributed by atoms with Crippen molar-refractivity contribution >= 4 is 11.3 Å². The molecule has 0 radical (unpaired) electrons. The largest absolute Gasteiger partial charge is 0.486 e. The molecule has 2 atom stereocenters. The number of nitrogens with zero attached hydrogens (tertiary/aromatic N) is 3. The molecule has 2 aliphatic heterocycles. The van der Waals surface area contributed by atoms with Crippen molar-refractivity contribution < 1.29 is 9.47 Å². The van der Waals surface area contributed by atoms with E-state index in [1.54, 1.807) is 10.5 Å². The number of anilines is 1. The van der Waals surface area contributed by atoms with Crippen molar-refractivity contribution in [3.05, 3.63) is 52.9 Å². The zero-order valence-corrected chi connectivity index (χ0v) is 16.6. The standard InChI is InChI=1S/C22H24N4O3/c1-14-11-25(12-15(2)23-14)17-4-6-21-24-18(10-22(27)26(21)13-17)16-3-5-19-20(9-16)29-8-7-28-19/h3-6,9-10,13-15,23H,7-8,11-12H2,1-2H3/t14-,15+. The van der Waals surface area contributed by atoms with E-state index in [4.69, 9.17) is 14.5 Å². The van der Waals surface area contributed by atoms with Crippen LogP contribution in [-0.4, -0.2) is 47.8 Å². The zero-order valence-electron chi connectivity index (χ0n) is 16.6. The van der Waals surface area contributed by atoms with Gasteiger partial charge in [0.25, 0.3) is 5.56 Å².